The van der Waals surface area contributed by atoms with Crippen LogP contribution >= 0.6 is 0 Å². The van der Waals surface area contributed by atoms with Crippen molar-refractivity contribution in [3.8, 4) is 5.75 Å². The number of nitrogens with zero attached hydrogens (tertiary/aromatic N) is 2. The summed E-state index contributed by atoms with van der Waals surface area (Å²) < 4.78 is 5.80. The van der Waals surface area contributed by atoms with Gasteiger partial charge in [-0.3, -0.25) is 4.79 Å². The van der Waals surface area contributed by atoms with Gasteiger partial charge in [-0.15, -0.1) is 0 Å². The maximum absolute atomic E-state index is 12.6. The first-order valence-electron chi connectivity index (χ1n) is 11.4. The number of benzene rings is 1. The fourth-order valence-corrected chi connectivity index (χ4v) is 7.10. The number of carbonyl (C=O) groups excluding carboxylic acids is 1. The van der Waals surface area contributed by atoms with Gasteiger partial charge in [0.1, 0.15) is 5.75 Å². The van der Waals surface area contributed by atoms with Crippen LogP contribution in [0.5, 0.6) is 5.75 Å². The van der Waals surface area contributed by atoms with Crippen LogP contribution in [0.4, 0.5) is 4.79 Å². The molecular formula is C24H32N2O4. The molecule has 1 unspecified atom stereocenters. The van der Waals surface area contributed by atoms with E-state index in [0.29, 0.717) is 25.0 Å². The van der Waals surface area contributed by atoms with E-state index in [1.807, 2.05) is 19.1 Å². The largest absolute Gasteiger partial charge is 0.484 e. The molecule has 2 amide bonds. The molecule has 4 saturated carbocycles. The summed E-state index contributed by atoms with van der Waals surface area (Å²) in [6.45, 7) is 2.99. The predicted octanol–water partition coefficient (Wildman–Crippen LogP) is 3.74. The van der Waals surface area contributed by atoms with Gasteiger partial charge in [0.15, 0.2) is 6.61 Å². The Morgan fingerprint density at radius 3 is 2.17 bits per heavy atom. The van der Waals surface area contributed by atoms with Crippen LogP contribution in [0, 0.1) is 17.8 Å². The summed E-state index contributed by atoms with van der Waals surface area (Å²) in [6.07, 6.45) is 7.45. The predicted molar refractivity (Wildman–Crippen MR) is 113 cm³/mol. The third-order valence-corrected chi connectivity index (χ3v) is 8.09. The van der Waals surface area contributed by atoms with Gasteiger partial charge in [-0.25, -0.2) is 4.79 Å². The van der Waals surface area contributed by atoms with E-state index < -0.39 is 6.09 Å². The van der Waals surface area contributed by atoms with E-state index in [9.17, 15) is 9.59 Å². The standard InChI is InChI=1S/C24H32N2O4/c1-16-14-25(23(28)29)6-7-26(16)22(27)15-30-21-4-2-20(3-5-21)24-11-17-8-18(12-24)10-19(9-17)13-24/h2-5,16-19H,6-15H2,1H3,(H,28,29). The molecule has 1 aliphatic heterocycles. The average Bonchev–Trinajstić information content (AvgIpc) is 2.71. The monoisotopic (exact) mass is 412 g/mol. The van der Waals surface area contributed by atoms with Crippen molar-refractivity contribution in [3.63, 3.8) is 0 Å². The normalized spacial score (nSPS) is 34.8. The molecule has 6 rings (SSSR count). The van der Waals surface area contributed by atoms with Crippen LogP contribution in [-0.4, -0.2) is 59.2 Å². The fraction of sp³-hybridized carbons (Fsp3) is 0.667. The Kier molecular flexibility index (Phi) is 4.91. The van der Waals surface area contributed by atoms with Crippen LogP contribution < -0.4 is 4.74 Å². The number of carbonyl (C=O) groups is 2. The molecule has 1 atom stereocenters. The molecule has 5 fully saturated rings. The number of rotatable bonds is 4. The minimum Gasteiger partial charge on any atom is -0.484 e. The van der Waals surface area contributed by atoms with Crippen molar-refractivity contribution in [1.82, 2.24) is 9.80 Å². The molecule has 4 bridgehead atoms. The summed E-state index contributed by atoms with van der Waals surface area (Å²) in [4.78, 5) is 26.8. The summed E-state index contributed by atoms with van der Waals surface area (Å²) in [5.41, 5.74) is 1.83. The lowest BCUT2D eigenvalue weighted by Crippen LogP contribution is -2.56. The van der Waals surface area contributed by atoms with Crippen LogP contribution in [0.25, 0.3) is 0 Å². The molecule has 0 spiro atoms. The van der Waals surface area contributed by atoms with Gasteiger partial charge in [-0.05, 0) is 86.3 Å². The third-order valence-electron chi connectivity index (χ3n) is 8.09. The molecule has 30 heavy (non-hydrogen) atoms. The summed E-state index contributed by atoms with van der Waals surface area (Å²) in [5.74, 6) is 3.42. The minimum atomic E-state index is -0.927. The molecule has 1 heterocycles. The molecule has 162 valence electrons. The van der Waals surface area contributed by atoms with Gasteiger partial charge in [-0.1, -0.05) is 12.1 Å². The lowest BCUT2D eigenvalue weighted by Gasteiger charge is -2.57. The zero-order valence-corrected chi connectivity index (χ0v) is 17.8. The number of piperazine rings is 1. The second-order valence-electron chi connectivity index (χ2n) is 10.2. The van der Waals surface area contributed by atoms with Crippen molar-refractivity contribution < 1.29 is 19.4 Å². The van der Waals surface area contributed by atoms with Crippen LogP contribution in [0.2, 0.25) is 0 Å². The van der Waals surface area contributed by atoms with Crippen LogP contribution in [0.15, 0.2) is 24.3 Å². The summed E-state index contributed by atoms with van der Waals surface area (Å²) in [5, 5.41) is 9.12. The molecule has 6 nitrogen and oxygen atoms in total. The van der Waals surface area contributed by atoms with E-state index >= 15 is 0 Å². The van der Waals surface area contributed by atoms with Gasteiger partial charge < -0.3 is 19.6 Å². The Labute approximate surface area is 178 Å². The molecule has 5 aliphatic rings. The first-order valence-corrected chi connectivity index (χ1v) is 11.4. The second kappa shape index (κ2) is 7.47. The highest BCUT2D eigenvalue weighted by atomic mass is 16.5. The Morgan fingerprint density at radius 2 is 1.63 bits per heavy atom. The van der Waals surface area contributed by atoms with Crippen molar-refractivity contribution in [2.75, 3.05) is 26.2 Å². The highest BCUT2D eigenvalue weighted by Gasteiger charge is 2.51. The van der Waals surface area contributed by atoms with Crippen molar-refractivity contribution >= 4 is 12.0 Å². The Bertz CT molecular complexity index is 786. The van der Waals surface area contributed by atoms with Crippen molar-refractivity contribution in [2.24, 2.45) is 17.8 Å². The number of ether oxygens (including phenoxy) is 1. The highest BCUT2D eigenvalue weighted by molar-refractivity contribution is 5.78. The SMILES string of the molecule is CC1CN(C(=O)O)CCN1C(=O)COc1ccc(C23CC4CC(CC(C4)C2)C3)cc1. The lowest BCUT2D eigenvalue weighted by atomic mass is 9.48. The number of carboxylic acid groups (broad SMARTS) is 1. The van der Waals surface area contributed by atoms with Gasteiger partial charge in [0, 0.05) is 25.7 Å². The second-order valence-corrected chi connectivity index (χ2v) is 10.2. The number of amides is 2. The molecule has 1 aromatic carbocycles. The van der Waals surface area contributed by atoms with Crippen molar-refractivity contribution in [2.45, 2.75) is 56.9 Å². The summed E-state index contributed by atoms with van der Waals surface area (Å²) in [7, 11) is 0. The lowest BCUT2D eigenvalue weighted by molar-refractivity contribution is -0.137. The molecule has 0 aromatic heterocycles. The first kappa shape index (κ1) is 19.7. The average molecular weight is 413 g/mol. The highest BCUT2D eigenvalue weighted by Crippen LogP contribution is 2.60. The van der Waals surface area contributed by atoms with E-state index in [4.69, 9.17) is 9.84 Å². The van der Waals surface area contributed by atoms with Gasteiger partial charge in [0.2, 0.25) is 0 Å². The number of hydrogen-bond acceptors (Lipinski definition) is 3. The van der Waals surface area contributed by atoms with E-state index in [0.717, 1.165) is 23.5 Å². The maximum Gasteiger partial charge on any atom is 0.407 e. The van der Waals surface area contributed by atoms with Crippen LogP contribution in [-0.2, 0) is 10.2 Å². The van der Waals surface area contributed by atoms with Crippen LogP contribution in [0.3, 0.4) is 0 Å². The molecule has 0 radical (unpaired) electrons. The van der Waals surface area contributed by atoms with Crippen molar-refractivity contribution in [3.05, 3.63) is 29.8 Å². The van der Waals surface area contributed by atoms with E-state index in [1.165, 1.54) is 49.0 Å². The molecular weight excluding hydrogens is 380 g/mol. The number of hydrogen-bond donors (Lipinski definition) is 1. The first-order chi connectivity index (χ1) is 14.4. The molecule has 4 aliphatic carbocycles. The van der Waals surface area contributed by atoms with Gasteiger partial charge >= 0.3 is 6.09 Å². The summed E-state index contributed by atoms with van der Waals surface area (Å²) in [6, 6.07) is 8.35. The Morgan fingerprint density at radius 1 is 1.03 bits per heavy atom. The van der Waals surface area contributed by atoms with E-state index in [2.05, 4.69) is 12.1 Å². The fourth-order valence-electron chi connectivity index (χ4n) is 7.10. The van der Waals surface area contributed by atoms with Gasteiger partial charge in [0.25, 0.3) is 5.91 Å². The Hall–Kier alpha value is -2.24. The quantitative estimate of drug-likeness (QED) is 0.818. The zero-order valence-electron chi connectivity index (χ0n) is 17.8. The third kappa shape index (κ3) is 3.54. The van der Waals surface area contributed by atoms with Crippen molar-refractivity contribution in [1.29, 1.82) is 0 Å². The van der Waals surface area contributed by atoms with Gasteiger partial charge in [0.05, 0.1) is 0 Å². The molecule has 6 heteroatoms. The zero-order chi connectivity index (χ0) is 20.9. The van der Waals surface area contributed by atoms with E-state index in [1.54, 1.807) is 4.90 Å². The summed E-state index contributed by atoms with van der Waals surface area (Å²) >= 11 is 0. The van der Waals surface area contributed by atoms with Gasteiger partial charge in [-0.2, -0.15) is 0 Å². The maximum atomic E-state index is 12.6. The Balaban J connectivity index is 1.18. The minimum absolute atomic E-state index is 0.00583. The molecule has 1 saturated heterocycles. The molecule has 1 aromatic rings. The van der Waals surface area contributed by atoms with Crippen LogP contribution in [0.1, 0.15) is 51.0 Å². The smallest absolute Gasteiger partial charge is 0.407 e. The van der Waals surface area contributed by atoms with E-state index in [-0.39, 0.29) is 18.6 Å². The topological polar surface area (TPSA) is 70.1 Å². The molecule has 1 N–H and O–H groups in total.